The highest BCUT2D eigenvalue weighted by Gasteiger charge is 2.36. The van der Waals surface area contributed by atoms with Crippen molar-refractivity contribution in [2.45, 2.75) is 19.3 Å². The molecular weight excluding hydrogens is 745 g/mol. The summed E-state index contributed by atoms with van der Waals surface area (Å²) in [5.41, 5.74) is 14.7. The van der Waals surface area contributed by atoms with Crippen LogP contribution in [0.5, 0.6) is 0 Å². The Balaban J connectivity index is 1.15. The molecule has 0 amide bonds. The monoisotopic (exact) mass is 782 g/mol. The fraction of sp³-hybridized carbons (Fsp3) is 0.0526. The van der Waals surface area contributed by atoms with Gasteiger partial charge in [-0.25, -0.2) is 0 Å². The van der Waals surface area contributed by atoms with Crippen molar-refractivity contribution >= 4 is 97.4 Å². The Morgan fingerprint density at radius 1 is 0.417 bits per heavy atom. The van der Waals surface area contributed by atoms with E-state index in [2.05, 4.69) is 217 Å². The highest BCUT2D eigenvalue weighted by atomic mass is 32.1. The number of rotatable bonds is 4. The molecule has 13 rings (SSSR count). The van der Waals surface area contributed by atoms with Crippen LogP contribution in [0.4, 0.5) is 17.1 Å². The second kappa shape index (κ2) is 12.4. The molecular formula is C57H38N2S. The van der Waals surface area contributed by atoms with Gasteiger partial charge in [-0.05, 0) is 93.2 Å². The van der Waals surface area contributed by atoms with Gasteiger partial charge in [0.25, 0.3) is 0 Å². The third-order valence-corrected chi connectivity index (χ3v) is 14.5. The van der Waals surface area contributed by atoms with Crippen LogP contribution in [0.2, 0.25) is 0 Å². The van der Waals surface area contributed by atoms with Crippen molar-refractivity contribution in [3.05, 3.63) is 205 Å². The van der Waals surface area contributed by atoms with Crippen molar-refractivity contribution in [2.75, 3.05) is 4.90 Å². The smallest absolute Gasteiger partial charge is 0.0619 e. The van der Waals surface area contributed by atoms with Crippen LogP contribution in [0.15, 0.2) is 194 Å². The van der Waals surface area contributed by atoms with E-state index in [-0.39, 0.29) is 5.41 Å². The zero-order valence-electron chi connectivity index (χ0n) is 33.3. The predicted octanol–water partition coefficient (Wildman–Crippen LogP) is 16.4. The number of thiophene rings is 1. The largest absolute Gasteiger partial charge is 0.310 e. The number of fused-ring (bicyclic) bond motifs is 10. The van der Waals surface area contributed by atoms with E-state index in [0.717, 1.165) is 17.1 Å². The maximum atomic E-state index is 2.55. The summed E-state index contributed by atoms with van der Waals surface area (Å²) in [5.74, 6) is 0. The van der Waals surface area contributed by atoms with Crippen molar-refractivity contribution in [2.24, 2.45) is 0 Å². The Hall–Kier alpha value is -7.20. The normalized spacial score (nSPS) is 13.3. The molecule has 3 heteroatoms. The molecule has 3 heterocycles. The van der Waals surface area contributed by atoms with Gasteiger partial charge in [0.1, 0.15) is 0 Å². The van der Waals surface area contributed by atoms with E-state index in [4.69, 9.17) is 0 Å². The third-order valence-electron chi connectivity index (χ3n) is 13.3. The molecule has 282 valence electrons. The number of hydrogen-bond donors (Lipinski definition) is 0. The standard InChI is InChI=1S/C57H38N2S/c1-57(2)47-24-9-6-18-39(47)40-31-29-37(34-48(40)57)58(49-25-10-7-17-38(49)35-15-4-3-5-16-35)36-30-32-51-46(33-36)45-23-12-22-44-43-21-14-28-53-55(43)54-42(20-13-27-52(54)60-53)41-19-8-11-26-50(41)59(51)56(44)45/h3-34H,1-2H3. The zero-order chi connectivity index (χ0) is 39.7. The number of aromatic nitrogens is 1. The molecule has 0 fully saturated rings. The van der Waals surface area contributed by atoms with E-state index < -0.39 is 0 Å². The van der Waals surface area contributed by atoms with Crippen LogP contribution < -0.4 is 4.90 Å². The number of nitrogens with zero attached hydrogens (tertiary/aromatic N) is 2. The number of benzene rings is 9. The van der Waals surface area contributed by atoms with Gasteiger partial charge in [0.15, 0.2) is 0 Å². The zero-order valence-corrected chi connectivity index (χ0v) is 34.1. The first-order valence-electron chi connectivity index (χ1n) is 20.9. The van der Waals surface area contributed by atoms with Gasteiger partial charge < -0.3 is 9.30 Å². The first kappa shape index (κ1) is 33.7. The summed E-state index contributed by atoms with van der Waals surface area (Å²) in [6, 6.07) is 72.5. The fourth-order valence-corrected chi connectivity index (χ4v) is 11.8. The quantitative estimate of drug-likeness (QED) is 0.173. The van der Waals surface area contributed by atoms with E-state index in [1.54, 1.807) is 0 Å². The summed E-state index contributed by atoms with van der Waals surface area (Å²) < 4.78 is 5.20. The molecule has 0 aliphatic heterocycles. The molecule has 0 unspecified atom stereocenters. The number of anilines is 3. The van der Waals surface area contributed by atoms with Crippen molar-refractivity contribution in [1.29, 1.82) is 0 Å². The maximum Gasteiger partial charge on any atom is 0.0619 e. The molecule has 0 bridgehead atoms. The number of para-hydroxylation sites is 3. The maximum absolute atomic E-state index is 2.55. The van der Waals surface area contributed by atoms with Crippen LogP contribution in [-0.4, -0.2) is 4.40 Å². The van der Waals surface area contributed by atoms with Crippen LogP contribution in [0, 0.1) is 0 Å². The molecule has 12 aromatic rings. The Labute approximate surface area is 351 Å². The van der Waals surface area contributed by atoms with Gasteiger partial charge in [-0.2, -0.15) is 0 Å². The van der Waals surface area contributed by atoms with Crippen molar-refractivity contribution in [3.63, 3.8) is 0 Å². The van der Waals surface area contributed by atoms with Gasteiger partial charge in [0.05, 0.1) is 22.2 Å². The third kappa shape index (κ3) is 4.58. The van der Waals surface area contributed by atoms with Crippen molar-refractivity contribution in [1.82, 2.24) is 4.40 Å². The van der Waals surface area contributed by atoms with Crippen LogP contribution >= 0.6 is 11.3 Å². The average molecular weight is 783 g/mol. The summed E-state index contributed by atoms with van der Waals surface area (Å²) in [6.07, 6.45) is 0. The lowest BCUT2D eigenvalue weighted by Gasteiger charge is -2.30. The SMILES string of the molecule is CC1(C)c2ccccc2-c2ccc(N(c3ccc4c(c3)c3cccc5c6cccc7sc8cccc(c9ccccc9n4c53)c8c76)c3ccccc3-c3ccccc3)cc21. The minimum atomic E-state index is -0.131. The summed E-state index contributed by atoms with van der Waals surface area (Å²) in [6.45, 7) is 4.74. The van der Waals surface area contributed by atoms with Gasteiger partial charge in [0, 0.05) is 64.1 Å². The molecule has 0 saturated carbocycles. The lowest BCUT2D eigenvalue weighted by atomic mass is 9.82. The van der Waals surface area contributed by atoms with Gasteiger partial charge >= 0.3 is 0 Å². The second-order valence-corrected chi connectivity index (χ2v) is 17.9. The Morgan fingerprint density at radius 2 is 0.983 bits per heavy atom. The molecule has 0 spiro atoms. The molecule has 1 aliphatic rings. The molecule has 0 N–H and O–H groups in total. The van der Waals surface area contributed by atoms with Gasteiger partial charge in [-0.15, -0.1) is 11.3 Å². The summed E-state index contributed by atoms with van der Waals surface area (Å²) in [4.78, 5) is 2.49. The number of hydrogen-bond acceptors (Lipinski definition) is 2. The highest BCUT2D eigenvalue weighted by molar-refractivity contribution is 7.26. The molecule has 1 aliphatic carbocycles. The average Bonchev–Trinajstić information content (AvgIpc) is 3.93. The van der Waals surface area contributed by atoms with Crippen LogP contribution in [0.3, 0.4) is 0 Å². The van der Waals surface area contributed by atoms with E-state index in [1.165, 1.54) is 102 Å². The van der Waals surface area contributed by atoms with E-state index in [0.29, 0.717) is 0 Å². The molecule has 3 aromatic heterocycles. The second-order valence-electron chi connectivity index (χ2n) is 16.8. The molecule has 9 aromatic carbocycles. The minimum absolute atomic E-state index is 0.131. The lowest BCUT2D eigenvalue weighted by molar-refractivity contribution is 0.660. The minimum Gasteiger partial charge on any atom is -0.310 e. The Kier molecular flexibility index (Phi) is 6.98. The first-order valence-corrected chi connectivity index (χ1v) is 21.7. The van der Waals surface area contributed by atoms with Gasteiger partial charge in [-0.3, -0.25) is 0 Å². The lowest BCUT2D eigenvalue weighted by Crippen LogP contribution is -2.16. The van der Waals surface area contributed by atoms with Gasteiger partial charge in [0.2, 0.25) is 0 Å². The Morgan fingerprint density at radius 3 is 1.80 bits per heavy atom. The first-order chi connectivity index (χ1) is 29.5. The van der Waals surface area contributed by atoms with E-state index in [9.17, 15) is 0 Å². The van der Waals surface area contributed by atoms with Crippen molar-refractivity contribution in [3.8, 4) is 22.3 Å². The molecule has 0 saturated heterocycles. The topological polar surface area (TPSA) is 7.65 Å². The van der Waals surface area contributed by atoms with E-state index in [1.807, 2.05) is 11.3 Å². The van der Waals surface area contributed by atoms with Crippen molar-refractivity contribution < 1.29 is 0 Å². The van der Waals surface area contributed by atoms with Gasteiger partial charge in [-0.1, -0.05) is 153 Å². The molecule has 0 radical (unpaired) electrons. The highest BCUT2D eigenvalue weighted by Crippen LogP contribution is 2.52. The van der Waals surface area contributed by atoms with Crippen LogP contribution in [0.25, 0.3) is 91.3 Å². The predicted molar refractivity (Wildman–Crippen MR) is 258 cm³/mol. The molecule has 60 heavy (non-hydrogen) atoms. The Bertz CT molecular complexity index is 3750. The molecule has 2 nitrogen and oxygen atoms in total. The summed E-state index contributed by atoms with van der Waals surface area (Å²) in [5, 5.41) is 10.2. The summed E-state index contributed by atoms with van der Waals surface area (Å²) >= 11 is 1.90. The fourth-order valence-electron chi connectivity index (χ4n) is 10.7. The summed E-state index contributed by atoms with van der Waals surface area (Å²) in [7, 11) is 0. The molecule has 0 atom stereocenters. The van der Waals surface area contributed by atoms with Crippen LogP contribution in [0.1, 0.15) is 25.0 Å². The van der Waals surface area contributed by atoms with Crippen LogP contribution in [-0.2, 0) is 5.41 Å². The van der Waals surface area contributed by atoms with E-state index >= 15 is 0 Å².